The van der Waals surface area contributed by atoms with Crippen LogP contribution in [0.15, 0.2) is 18.2 Å². The topological polar surface area (TPSA) is 95.9 Å². The molecule has 2 amide bonds. The lowest BCUT2D eigenvalue weighted by molar-refractivity contribution is -0.137. The minimum atomic E-state index is -0.974. The zero-order valence-corrected chi connectivity index (χ0v) is 12.2. The number of carbonyl (C=O) groups excluding carboxylic acids is 2. The van der Waals surface area contributed by atoms with Crippen molar-refractivity contribution in [3.63, 3.8) is 0 Å². The number of amides is 2. The summed E-state index contributed by atoms with van der Waals surface area (Å²) in [5.74, 6) is -1.47. The van der Waals surface area contributed by atoms with E-state index in [1.807, 2.05) is 0 Å². The summed E-state index contributed by atoms with van der Waals surface area (Å²) in [6.45, 7) is 1.88. The Morgan fingerprint density at radius 1 is 1.33 bits per heavy atom. The first-order chi connectivity index (χ1) is 9.85. The SMILES string of the molecule is COC(=O)c1ccc(C)c(NC(=O)N(C)CCC(=O)O)c1. The molecule has 0 aliphatic carbocycles. The summed E-state index contributed by atoms with van der Waals surface area (Å²) in [4.78, 5) is 35.1. The molecule has 1 aromatic carbocycles. The van der Waals surface area contributed by atoms with E-state index in [2.05, 4.69) is 10.1 Å². The number of carbonyl (C=O) groups is 3. The maximum atomic E-state index is 11.9. The van der Waals surface area contributed by atoms with E-state index >= 15 is 0 Å². The van der Waals surface area contributed by atoms with Gasteiger partial charge in [-0.1, -0.05) is 6.07 Å². The molecule has 7 heteroatoms. The van der Waals surface area contributed by atoms with Crippen LogP contribution >= 0.6 is 0 Å². The highest BCUT2D eigenvalue weighted by atomic mass is 16.5. The van der Waals surface area contributed by atoms with Crippen molar-refractivity contribution in [2.45, 2.75) is 13.3 Å². The van der Waals surface area contributed by atoms with E-state index in [0.29, 0.717) is 11.3 Å². The van der Waals surface area contributed by atoms with E-state index < -0.39 is 18.0 Å². The molecule has 0 heterocycles. The van der Waals surface area contributed by atoms with Crippen molar-refractivity contribution in [2.75, 3.05) is 26.0 Å². The van der Waals surface area contributed by atoms with Crippen molar-refractivity contribution >= 4 is 23.7 Å². The average molecular weight is 294 g/mol. The minimum Gasteiger partial charge on any atom is -0.481 e. The average Bonchev–Trinajstić information content (AvgIpc) is 2.45. The Hall–Kier alpha value is -2.57. The van der Waals surface area contributed by atoms with Crippen LogP contribution in [0.4, 0.5) is 10.5 Å². The number of urea groups is 1. The minimum absolute atomic E-state index is 0.0942. The maximum Gasteiger partial charge on any atom is 0.337 e. The molecular weight excluding hydrogens is 276 g/mol. The van der Waals surface area contributed by atoms with Gasteiger partial charge in [-0.3, -0.25) is 4.79 Å². The van der Waals surface area contributed by atoms with Crippen LogP contribution < -0.4 is 5.32 Å². The van der Waals surface area contributed by atoms with Crippen molar-refractivity contribution in [3.05, 3.63) is 29.3 Å². The third-order valence-corrected chi connectivity index (χ3v) is 2.91. The first-order valence-electron chi connectivity index (χ1n) is 6.28. The van der Waals surface area contributed by atoms with E-state index in [9.17, 15) is 14.4 Å². The molecule has 0 unspecified atom stereocenters. The monoisotopic (exact) mass is 294 g/mol. The second-order valence-electron chi connectivity index (χ2n) is 4.52. The molecular formula is C14H18N2O5. The standard InChI is InChI=1S/C14H18N2O5/c1-9-4-5-10(13(19)21-3)8-11(9)15-14(20)16(2)7-6-12(17)18/h4-5,8H,6-7H2,1-3H3,(H,15,20)(H,17,18). The smallest absolute Gasteiger partial charge is 0.337 e. The number of esters is 1. The molecule has 0 aliphatic rings. The number of hydrogen-bond acceptors (Lipinski definition) is 4. The first-order valence-corrected chi connectivity index (χ1v) is 6.28. The lowest BCUT2D eigenvalue weighted by Crippen LogP contribution is -2.33. The van der Waals surface area contributed by atoms with Crippen molar-refractivity contribution in [2.24, 2.45) is 0 Å². The molecule has 21 heavy (non-hydrogen) atoms. The van der Waals surface area contributed by atoms with Crippen molar-refractivity contribution in [1.29, 1.82) is 0 Å². The zero-order chi connectivity index (χ0) is 16.0. The van der Waals surface area contributed by atoms with Gasteiger partial charge in [0.15, 0.2) is 0 Å². The molecule has 0 aromatic heterocycles. The Labute approximate surface area is 122 Å². The third kappa shape index (κ3) is 4.79. The zero-order valence-electron chi connectivity index (χ0n) is 12.2. The number of benzene rings is 1. The van der Waals surface area contributed by atoms with Crippen LogP contribution in [0.25, 0.3) is 0 Å². The summed E-state index contributed by atoms with van der Waals surface area (Å²) < 4.78 is 4.62. The Morgan fingerprint density at radius 2 is 2.00 bits per heavy atom. The lowest BCUT2D eigenvalue weighted by atomic mass is 10.1. The third-order valence-electron chi connectivity index (χ3n) is 2.91. The van der Waals surface area contributed by atoms with Gasteiger partial charge in [0.1, 0.15) is 0 Å². The molecule has 0 fully saturated rings. The fourth-order valence-corrected chi connectivity index (χ4v) is 1.58. The molecule has 1 aromatic rings. The van der Waals surface area contributed by atoms with E-state index in [1.165, 1.54) is 25.1 Å². The van der Waals surface area contributed by atoms with Gasteiger partial charge in [0.25, 0.3) is 0 Å². The fourth-order valence-electron chi connectivity index (χ4n) is 1.58. The molecule has 0 bridgehead atoms. The highest BCUT2D eigenvalue weighted by Crippen LogP contribution is 2.18. The van der Waals surface area contributed by atoms with Gasteiger partial charge in [-0.25, -0.2) is 9.59 Å². The highest BCUT2D eigenvalue weighted by molar-refractivity contribution is 5.94. The number of ether oxygens (including phenoxy) is 1. The van der Waals surface area contributed by atoms with Crippen molar-refractivity contribution in [1.82, 2.24) is 4.90 Å². The number of carboxylic acids is 1. The van der Waals surface area contributed by atoms with Crippen molar-refractivity contribution in [3.8, 4) is 0 Å². The number of aryl methyl sites for hydroxylation is 1. The summed E-state index contributed by atoms with van der Waals surface area (Å²) in [6, 6.07) is 4.37. The number of nitrogens with one attached hydrogen (secondary N) is 1. The van der Waals surface area contributed by atoms with Gasteiger partial charge in [-0.05, 0) is 24.6 Å². The molecule has 0 spiro atoms. The van der Waals surface area contributed by atoms with Gasteiger partial charge in [-0.15, -0.1) is 0 Å². The molecule has 1 rings (SSSR count). The largest absolute Gasteiger partial charge is 0.481 e. The van der Waals surface area contributed by atoms with Crippen LogP contribution in [-0.4, -0.2) is 48.7 Å². The van der Waals surface area contributed by atoms with Gasteiger partial charge in [-0.2, -0.15) is 0 Å². The molecule has 0 saturated carbocycles. The fraction of sp³-hybridized carbons (Fsp3) is 0.357. The van der Waals surface area contributed by atoms with Gasteiger partial charge >= 0.3 is 18.0 Å². The predicted molar refractivity (Wildman–Crippen MR) is 76.4 cm³/mol. The molecule has 0 atom stereocenters. The number of aliphatic carboxylic acids is 1. The number of nitrogens with zero attached hydrogens (tertiary/aromatic N) is 1. The molecule has 2 N–H and O–H groups in total. The lowest BCUT2D eigenvalue weighted by Gasteiger charge is -2.18. The Morgan fingerprint density at radius 3 is 2.57 bits per heavy atom. The number of rotatable bonds is 5. The Bertz CT molecular complexity index is 556. The van der Waals surface area contributed by atoms with Gasteiger partial charge in [0.2, 0.25) is 0 Å². The van der Waals surface area contributed by atoms with E-state index in [4.69, 9.17) is 5.11 Å². The van der Waals surface area contributed by atoms with E-state index in [0.717, 1.165) is 5.56 Å². The normalized spacial score (nSPS) is 9.86. The van der Waals surface area contributed by atoms with Crippen LogP contribution in [0, 0.1) is 6.92 Å². The van der Waals surface area contributed by atoms with Crippen LogP contribution in [0.5, 0.6) is 0 Å². The van der Waals surface area contributed by atoms with Gasteiger partial charge in [0, 0.05) is 19.3 Å². The predicted octanol–water partition coefficient (Wildman–Crippen LogP) is 1.72. The number of hydrogen-bond donors (Lipinski definition) is 2. The number of methoxy groups -OCH3 is 1. The molecule has 7 nitrogen and oxygen atoms in total. The maximum absolute atomic E-state index is 11.9. The first kappa shape index (κ1) is 16.5. The van der Waals surface area contributed by atoms with Crippen LogP contribution in [0.1, 0.15) is 22.3 Å². The second-order valence-corrected chi connectivity index (χ2v) is 4.52. The van der Waals surface area contributed by atoms with E-state index in [1.54, 1.807) is 19.1 Å². The number of anilines is 1. The molecule has 0 saturated heterocycles. The summed E-state index contributed by atoms with van der Waals surface area (Å²) in [6.07, 6.45) is -0.134. The number of carboxylic acid groups (broad SMARTS) is 1. The van der Waals surface area contributed by atoms with Crippen molar-refractivity contribution < 1.29 is 24.2 Å². The van der Waals surface area contributed by atoms with E-state index in [-0.39, 0.29) is 13.0 Å². The van der Waals surface area contributed by atoms with Crippen LogP contribution in [0.3, 0.4) is 0 Å². The summed E-state index contributed by atoms with van der Waals surface area (Å²) in [5.41, 5.74) is 1.58. The summed E-state index contributed by atoms with van der Waals surface area (Å²) in [7, 11) is 2.78. The molecule has 114 valence electrons. The summed E-state index contributed by atoms with van der Waals surface area (Å²) in [5, 5.41) is 11.2. The quantitative estimate of drug-likeness (QED) is 0.806. The summed E-state index contributed by atoms with van der Waals surface area (Å²) >= 11 is 0. The highest BCUT2D eigenvalue weighted by Gasteiger charge is 2.13. The van der Waals surface area contributed by atoms with Crippen LogP contribution in [0.2, 0.25) is 0 Å². The molecule has 0 aliphatic heterocycles. The van der Waals surface area contributed by atoms with Gasteiger partial charge in [0.05, 0.1) is 19.1 Å². The van der Waals surface area contributed by atoms with Crippen LogP contribution in [-0.2, 0) is 9.53 Å². The van der Waals surface area contributed by atoms with Gasteiger partial charge < -0.3 is 20.1 Å². The second kappa shape index (κ2) is 7.28. The Balaban J connectivity index is 2.79. The molecule has 0 radical (unpaired) electrons. The Kier molecular flexibility index (Phi) is 5.71.